The molecule has 1 fully saturated rings. The van der Waals surface area contributed by atoms with Crippen LogP contribution >= 0.6 is 15.9 Å². The molecule has 4 rings (SSSR count). The summed E-state index contributed by atoms with van der Waals surface area (Å²) >= 11 is 3.73. The van der Waals surface area contributed by atoms with E-state index in [0.29, 0.717) is 5.75 Å². The van der Waals surface area contributed by atoms with Gasteiger partial charge >= 0.3 is 10.2 Å². The van der Waals surface area contributed by atoms with E-state index >= 15 is 0 Å². The Balaban J connectivity index is 1.71. The molecule has 33 heavy (non-hydrogen) atoms. The largest absolute Gasteiger partial charge is 0.487 e. The van der Waals surface area contributed by atoms with E-state index < -0.39 is 16.1 Å². The van der Waals surface area contributed by atoms with E-state index in [1.54, 1.807) is 25.3 Å². The van der Waals surface area contributed by atoms with Crippen molar-refractivity contribution in [2.45, 2.75) is 17.5 Å². The second-order valence-corrected chi connectivity index (χ2v) is 10.1. The Hall–Kier alpha value is -2.88. The van der Waals surface area contributed by atoms with Crippen LogP contribution in [0.4, 0.5) is 5.69 Å². The number of amides is 1. The number of hydrogen-bond acceptors (Lipinski definition) is 5. The maximum absolute atomic E-state index is 12.5. The van der Waals surface area contributed by atoms with Gasteiger partial charge in [0, 0.05) is 7.11 Å². The number of nitrogens with zero attached hydrogens (tertiary/aromatic N) is 1. The molecule has 172 valence electrons. The van der Waals surface area contributed by atoms with E-state index in [9.17, 15) is 13.2 Å². The van der Waals surface area contributed by atoms with Crippen molar-refractivity contribution in [1.82, 2.24) is 4.72 Å². The van der Waals surface area contributed by atoms with Gasteiger partial charge in [0.25, 0.3) is 5.91 Å². The minimum absolute atomic E-state index is 0.143. The number of hydrogen-bond donors (Lipinski definition) is 1. The standard InChI is InChI=1S/C24H23BrN2O5S/c1-31-24(23(25)18-10-6-3-7-11-18)19-12-13-20(27-15-22(28)26-33(27,29)30)21(14-19)32-16-17-8-4-2-5-9-17/h2-14,23-24H,15-16H2,1H3,(H,26,28). The number of ether oxygens (including phenoxy) is 2. The molecule has 0 aliphatic carbocycles. The molecule has 9 heteroatoms. The maximum atomic E-state index is 12.5. The molecule has 0 saturated carbocycles. The number of benzene rings is 3. The van der Waals surface area contributed by atoms with Gasteiger partial charge in [-0.25, -0.2) is 9.03 Å². The molecule has 3 aromatic carbocycles. The van der Waals surface area contributed by atoms with Crippen molar-refractivity contribution >= 4 is 37.7 Å². The molecule has 1 N–H and O–H groups in total. The predicted molar refractivity (Wildman–Crippen MR) is 129 cm³/mol. The van der Waals surface area contributed by atoms with Crippen LogP contribution in [0.15, 0.2) is 78.9 Å². The molecule has 0 bridgehead atoms. The average molecular weight is 531 g/mol. The number of nitrogens with one attached hydrogen (secondary N) is 1. The lowest BCUT2D eigenvalue weighted by molar-refractivity contribution is -0.117. The third-order valence-electron chi connectivity index (χ3n) is 5.28. The molecular formula is C24H23BrN2O5S. The fraction of sp³-hybridized carbons (Fsp3) is 0.208. The molecular weight excluding hydrogens is 508 g/mol. The second-order valence-electron chi connectivity index (χ2n) is 7.51. The molecule has 1 aliphatic heterocycles. The first-order valence-corrected chi connectivity index (χ1v) is 12.6. The molecule has 0 spiro atoms. The van der Waals surface area contributed by atoms with E-state index in [2.05, 4.69) is 15.9 Å². The van der Waals surface area contributed by atoms with Crippen LogP contribution in [0.25, 0.3) is 0 Å². The van der Waals surface area contributed by atoms with Crippen molar-refractivity contribution in [2.75, 3.05) is 18.0 Å². The first kappa shape index (κ1) is 23.3. The van der Waals surface area contributed by atoms with Gasteiger partial charge in [-0.15, -0.1) is 0 Å². The van der Waals surface area contributed by atoms with Gasteiger partial charge in [0.1, 0.15) is 18.9 Å². The Labute approximate surface area is 201 Å². The molecule has 1 saturated heterocycles. The molecule has 0 radical (unpaired) electrons. The van der Waals surface area contributed by atoms with Crippen LogP contribution in [-0.4, -0.2) is 28.0 Å². The zero-order chi connectivity index (χ0) is 23.4. The number of carbonyl (C=O) groups excluding carboxylic acids is 1. The number of halogens is 1. The van der Waals surface area contributed by atoms with Crippen LogP contribution in [-0.2, 0) is 26.3 Å². The highest BCUT2D eigenvalue weighted by Crippen LogP contribution is 2.42. The van der Waals surface area contributed by atoms with Crippen molar-refractivity contribution in [3.63, 3.8) is 0 Å². The minimum Gasteiger partial charge on any atom is -0.487 e. The van der Waals surface area contributed by atoms with Crippen molar-refractivity contribution in [3.8, 4) is 5.75 Å². The smallest absolute Gasteiger partial charge is 0.326 e. The first-order valence-electron chi connectivity index (χ1n) is 10.2. The lowest BCUT2D eigenvalue weighted by Crippen LogP contribution is -2.30. The van der Waals surface area contributed by atoms with E-state index in [1.165, 1.54) is 0 Å². The van der Waals surface area contributed by atoms with Gasteiger partial charge in [0.05, 0.1) is 16.6 Å². The molecule has 0 aromatic heterocycles. The van der Waals surface area contributed by atoms with E-state index in [0.717, 1.165) is 21.0 Å². The number of rotatable bonds is 8. The van der Waals surface area contributed by atoms with Crippen LogP contribution in [0.3, 0.4) is 0 Å². The molecule has 1 aliphatic rings. The molecule has 1 amide bonds. The summed E-state index contributed by atoms with van der Waals surface area (Å²) in [4.78, 5) is 11.7. The molecule has 2 unspecified atom stereocenters. The first-order chi connectivity index (χ1) is 15.9. The van der Waals surface area contributed by atoms with Gasteiger partial charge in [0.15, 0.2) is 0 Å². The normalized spacial score (nSPS) is 16.8. The van der Waals surface area contributed by atoms with Crippen LogP contribution in [0.1, 0.15) is 27.6 Å². The average Bonchev–Trinajstić information content (AvgIpc) is 3.11. The highest BCUT2D eigenvalue weighted by Gasteiger charge is 2.36. The lowest BCUT2D eigenvalue weighted by Gasteiger charge is -2.25. The Morgan fingerprint density at radius 2 is 1.67 bits per heavy atom. The zero-order valence-electron chi connectivity index (χ0n) is 17.8. The van der Waals surface area contributed by atoms with Gasteiger partial charge < -0.3 is 9.47 Å². The quantitative estimate of drug-likeness (QED) is 0.439. The third-order valence-corrected chi connectivity index (χ3v) is 7.68. The summed E-state index contributed by atoms with van der Waals surface area (Å²) < 4.78 is 39.8. The predicted octanol–water partition coefficient (Wildman–Crippen LogP) is 4.27. The van der Waals surface area contributed by atoms with Crippen molar-refractivity contribution < 1.29 is 22.7 Å². The fourth-order valence-corrected chi connectivity index (χ4v) is 5.65. The van der Waals surface area contributed by atoms with Crippen LogP contribution in [0, 0.1) is 0 Å². The Morgan fingerprint density at radius 1 is 1.00 bits per heavy atom. The Bertz CT molecular complexity index is 1220. The van der Waals surface area contributed by atoms with E-state index in [4.69, 9.17) is 9.47 Å². The molecule has 3 aromatic rings. The summed E-state index contributed by atoms with van der Waals surface area (Å²) in [6.07, 6.45) is -0.365. The lowest BCUT2D eigenvalue weighted by atomic mass is 10.0. The zero-order valence-corrected chi connectivity index (χ0v) is 20.3. The number of anilines is 1. The summed E-state index contributed by atoms with van der Waals surface area (Å²) in [7, 11) is -2.36. The Kier molecular flexibility index (Phi) is 7.02. The fourth-order valence-electron chi connectivity index (χ4n) is 3.66. The van der Waals surface area contributed by atoms with Gasteiger partial charge in [-0.1, -0.05) is 82.7 Å². The topological polar surface area (TPSA) is 84.9 Å². The Morgan fingerprint density at radius 3 is 2.27 bits per heavy atom. The number of methoxy groups -OCH3 is 1. The number of alkyl halides is 1. The summed E-state index contributed by atoms with van der Waals surface area (Å²) in [5.74, 6) is -0.251. The monoisotopic (exact) mass is 530 g/mol. The number of carbonyl (C=O) groups is 1. The molecule has 7 nitrogen and oxygen atoms in total. The van der Waals surface area contributed by atoms with Crippen LogP contribution in [0.5, 0.6) is 5.75 Å². The SMILES string of the molecule is COC(c1ccc(N2CC(=O)NS2(=O)=O)c(OCc2ccccc2)c1)C(Br)c1ccccc1. The van der Waals surface area contributed by atoms with Gasteiger partial charge in [-0.05, 0) is 28.8 Å². The van der Waals surface area contributed by atoms with E-state index in [1.807, 2.05) is 65.4 Å². The summed E-state index contributed by atoms with van der Waals surface area (Å²) in [6.45, 7) is -0.0667. The maximum Gasteiger partial charge on any atom is 0.326 e. The highest BCUT2D eigenvalue weighted by molar-refractivity contribution is 9.09. The van der Waals surface area contributed by atoms with Gasteiger partial charge in [0.2, 0.25) is 0 Å². The van der Waals surface area contributed by atoms with Crippen molar-refractivity contribution in [2.24, 2.45) is 0 Å². The van der Waals surface area contributed by atoms with E-state index in [-0.39, 0.29) is 29.8 Å². The summed E-state index contributed by atoms with van der Waals surface area (Å²) in [5, 5.41) is 0. The van der Waals surface area contributed by atoms with Gasteiger partial charge in [-0.2, -0.15) is 8.42 Å². The van der Waals surface area contributed by atoms with Crippen LogP contribution in [0.2, 0.25) is 0 Å². The minimum atomic E-state index is -3.98. The summed E-state index contributed by atoms with van der Waals surface area (Å²) in [6, 6.07) is 24.6. The van der Waals surface area contributed by atoms with Crippen molar-refractivity contribution in [3.05, 3.63) is 95.6 Å². The summed E-state index contributed by atoms with van der Waals surface area (Å²) in [5.41, 5.74) is 3.05. The third kappa shape index (κ3) is 5.21. The van der Waals surface area contributed by atoms with Crippen molar-refractivity contribution in [1.29, 1.82) is 0 Å². The van der Waals surface area contributed by atoms with Crippen LogP contribution < -0.4 is 13.8 Å². The second kappa shape index (κ2) is 9.94. The molecule has 1 heterocycles. The molecule has 2 atom stereocenters. The highest BCUT2D eigenvalue weighted by atomic mass is 79.9. The van der Waals surface area contributed by atoms with Gasteiger partial charge in [-0.3, -0.25) is 4.79 Å².